The van der Waals surface area contributed by atoms with E-state index in [1.807, 2.05) is 0 Å². The van der Waals surface area contributed by atoms with Gasteiger partial charge in [0.1, 0.15) is 0 Å². The summed E-state index contributed by atoms with van der Waals surface area (Å²) in [5, 5.41) is 0. The van der Waals surface area contributed by atoms with Gasteiger partial charge in [0.15, 0.2) is 0 Å². The average molecular weight is 757 g/mol. The molecule has 2 heterocycles. The SMILES string of the molecule is Cc1cccc(-c2cn(-c3ccc(C(C)(C)C)cc3)cc2-c2ccc(-c3ccc(-c4cn(-c5ccc(C(C)(C)C)cc5)cc4-c4cccc(C)c4)cc3C)c(C)c2)c1. The van der Waals surface area contributed by atoms with Crippen molar-refractivity contribution in [2.24, 2.45) is 0 Å². The highest BCUT2D eigenvalue weighted by atomic mass is 15.0. The number of aromatic nitrogens is 2. The molecule has 0 aliphatic rings. The second kappa shape index (κ2) is 15.0. The van der Waals surface area contributed by atoms with Crippen LogP contribution in [0.4, 0.5) is 0 Å². The van der Waals surface area contributed by atoms with Crippen molar-refractivity contribution in [1.82, 2.24) is 9.13 Å². The molecule has 0 aliphatic carbocycles. The van der Waals surface area contributed by atoms with Gasteiger partial charge in [-0.15, -0.1) is 0 Å². The molecule has 58 heavy (non-hydrogen) atoms. The maximum Gasteiger partial charge on any atom is 0.0450 e. The number of hydrogen-bond acceptors (Lipinski definition) is 0. The van der Waals surface area contributed by atoms with Crippen LogP contribution in [-0.4, -0.2) is 9.13 Å². The highest BCUT2D eigenvalue weighted by Crippen LogP contribution is 2.40. The van der Waals surface area contributed by atoms with Gasteiger partial charge in [0.25, 0.3) is 0 Å². The van der Waals surface area contributed by atoms with Crippen LogP contribution in [0.1, 0.15) is 74.9 Å². The first-order valence-corrected chi connectivity index (χ1v) is 20.6. The largest absolute Gasteiger partial charge is 0.323 e. The molecule has 0 N–H and O–H groups in total. The Morgan fingerprint density at radius 3 is 0.948 bits per heavy atom. The molecular weight excluding hydrogens is 701 g/mol. The van der Waals surface area contributed by atoms with E-state index in [-0.39, 0.29) is 10.8 Å². The van der Waals surface area contributed by atoms with Crippen molar-refractivity contribution >= 4 is 0 Å². The molecule has 0 spiro atoms. The Hall–Kier alpha value is -6.12. The second-order valence-corrected chi connectivity index (χ2v) is 18.4. The van der Waals surface area contributed by atoms with Gasteiger partial charge >= 0.3 is 0 Å². The molecule has 8 rings (SSSR count). The Morgan fingerprint density at radius 2 is 0.655 bits per heavy atom. The van der Waals surface area contributed by atoms with Crippen molar-refractivity contribution in [3.8, 4) is 67.0 Å². The van der Waals surface area contributed by atoms with Crippen LogP contribution >= 0.6 is 0 Å². The quantitative estimate of drug-likeness (QED) is 0.153. The highest BCUT2D eigenvalue weighted by molar-refractivity contribution is 5.88. The molecule has 0 bridgehead atoms. The van der Waals surface area contributed by atoms with E-state index in [9.17, 15) is 0 Å². The first-order valence-electron chi connectivity index (χ1n) is 20.6. The van der Waals surface area contributed by atoms with Gasteiger partial charge in [-0.2, -0.15) is 0 Å². The van der Waals surface area contributed by atoms with Crippen LogP contribution in [0.5, 0.6) is 0 Å². The number of aryl methyl sites for hydroxylation is 4. The van der Waals surface area contributed by atoms with Gasteiger partial charge in [0, 0.05) is 58.4 Å². The number of rotatable bonds is 7. The Bertz CT molecular complexity index is 2560. The molecule has 6 aromatic carbocycles. The fraction of sp³-hybridized carbons (Fsp3) is 0.214. The summed E-state index contributed by atoms with van der Waals surface area (Å²) in [5.41, 5.74) is 22.6. The topological polar surface area (TPSA) is 9.86 Å². The van der Waals surface area contributed by atoms with Gasteiger partial charge in [0.05, 0.1) is 0 Å². The van der Waals surface area contributed by atoms with Gasteiger partial charge in [0.2, 0.25) is 0 Å². The second-order valence-electron chi connectivity index (χ2n) is 18.4. The predicted octanol–water partition coefficient (Wildman–Crippen LogP) is 15.4. The number of hydrogen-bond donors (Lipinski definition) is 0. The molecule has 0 fully saturated rings. The molecule has 0 radical (unpaired) electrons. The lowest BCUT2D eigenvalue weighted by molar-refractivity contribution is 0.590. The summed E-state index contributed by atoms with van der Waals surface area (Å²) < 4.78 is 4.57. The van der Waals surface area contributed by atoms with Gasteiger partial charge in [-0.05, 0) is 118 Å². The zero-order chi connectivity index (χ0) is 40.9. The van der Waals surface area contributed by atoms with Crippen molar-refractivity contribution in [2.45, 2.75) is 80.1 Å². The van der Waals surface area contributed by atoms with Crippen LogP contribution in [0.2, 0.25) is 0 Å². The molecule has 0 saturated heterocycles. The molecule has 2 nitrogen and oxygen atoms in total. The summed E-state index contributed by atoms with van der Waals surface area (Å²) in [6.07, 6.45) is 9.19. The van der Waals surface area contributed by atoms with E-state index in [1.165, 1.54) is 89.0 Å². The first kappa shape index (κ1) is 38.7. The van der Waals surface area contributed by atoms with Gasteiger partial charge < -0.3 is 9.13 Å². The normalized spacial score (nSPS) is 12.0. The van der Waals surface area contributed by atoms with Gasteiger partial charge in [-0.3, -0.25) is 0 Å². The van der Waals surface area contributed by atoms with Crippen LogP contribution in [0.15, 0.2) is 158 Å². The molecule has 0 saturated carbocycles. The van der Waals surface area contributed by atoms with Gasteiger partial charge in [-0.25, -0.2) is 0 Å². The zero-order valence-corrected chi connectivity index (χ0v) is 35.9. The maximum absolute atomic E-state index is 2.37. The Labute approximate surface area is 346 Å². The van der Waals surface area contributed by atoms with Crippen LogP contribution in [0, 0.1) is 27.7 Å². The number of nitrogens with zero attached hydrogens (tertiary/aromatic N) is 2. The maximum atomic E-state index is 2.37. The molecule has 2 heteroatoms. The van der Waals surface area contributed by atoms with E-state index in [1.54, 1.807) is 0 Å². The predicted molar refractivity (Wildman–Crippen MR) is 249 cm³/mol. The van der Waals surface area contributed by atoms with Crippen LogP contribution in [-0.2, 0) is 10.8 Å². The highest BCUT2D eigenvalue weighted by Gasteiger charge is 2.19. The Morgan fingerprint density at radius 1 is 0.328 bits per heavy atom. The van der Waals surface area contributed by atoms with E-state index >= 15 is 0 Å². The lowest BCUT2D eigenvalue weighted by atomic mass is 9.87. The van der Waals surface area contributed by atoms with Crippen LogP contribution in [0.25, 0.3) is 67.0 Å². The molecule has 0 unspecified atom stereocenters. The average Bonchev–Trinajstić information content (AvgIpc) is 3.84. The van der Waals surface area contributed by atoms with E-state index in [2.05, 4.69) is 237 Å². The van der Waals surface area contributed by atoms with E-state index in [0.717, 1.165) is 11.4 Å². The third-order valence-electron chi connectivity index (χ3n) is 11.7. The Balaban J connectivity index is 1.16. The first-order chi connectivity index (χ1) is 27.6. The summed E-state index contributed by atoms with van der Waals surface area (Å²) in [4.78, 5) is 0. The minimum atomic E-state index is 0.112. The van der Waals surface area contributed by atoms with Crippen LogP contribution < -0.4 is 0 Å². The van der Waals surface area contributed by atoms with Crippen molar-refractivity contribution in [3.05, 3.63) is 192 Å². The number of benzene rings is 6. The molecule has 2 aromatic heterocycles. The van der Waals surface area contributed by atoms with Crippen molar-refractivity contribution in [2.75, 3.05) is 0 Å². The zero-order valence-electron chi connectivity index (χ0n) is 35.9. The van der Waals surface area contributed by atoms with Crippen LogP contribution in [0.3, 0.4) is 0 Å². The molecule has 290 valence electrons. The minimum Gasteiger partial charge on any atom is -0.323 e. The summed E-state index contributed by atoms with van der Waals surface area (Å²) in [6.45, 7) is 22.4. The lowest BCUT2D eigenvalue weighted by Crippen LogP contribution is -2.10. The molecule has 0 amide bonds. The monoisotopic (exact) mass is 756 g/mol. The van der Waals surface area contributed by atoms with Crippen molar-refractivity contribution < 1.29 is 0 Å². The smallest absolute Gasteiger partial charge is 0.0450 e. The third kappa shape index (κ3) is 7.77. The standard InChI is InChI=1S/C56H56N2/c1-37-13-11-15-41(29-37)51-33-57(47-23-19-45(20-24-47)55(5,6)7)35-53(51)43-17-27-49(39(3)31-43)50-28-18-44(32-40(50)4)54-36-58(34-52(54)42-16-12-14-38(2)30-42)48-25-21-46(22-26-48)56(8,9)10/h11-36H,1-10H3. The summed E-state index contributed by atoms with van der Waals surface area (Å²) in [6, 6.07) is 49.7. The lowest BCUT2D eigenvalue weighted by Gasteiger charge is -2.19. The van der Waals surface area contributed by atoms with Crippen molar-refractivity contribution in [3.63, 3.8) is 0 Å². The molecule has 8 aromatic rings. The fourth-order valence-electron chi connectivity index (χ4n) is 8.29. The van der Waals surface area contributed by atoms with Gasteiger partial charge in [-0.1, -0.05) is 162 Å². The van der Waals surface area contributed by atoms with Crippen molar-refractivity contribution in [1.29, 1.82) is 0 Å². The summed E-state index contributed by atoms with van der Waals surface area (Å²) in [7, 11) is 0. The molecule has 0 atom stereocenters. The minimum absolute atomic E-state index is 0.112. The third-order valence-corrected chi connectivity index (χ3v) is 11.7. The Kier molecular flexibility index (Phi) is 10.0. The summed E-state index contributed by atoms with van der Waals surface area (Å²) >= 11 is 0. The van der Waals surface area contributed by atoms with E-state index in [4.69, 9.17) is 0 Å². The molecular formula is C56H56N2. The fourth-order valence-corrected chi connectivity index (χ4v) is 8.29. The molecule has 0 aliphatic heterocycles. The van der Waals surface area contributed by atoms with E-state index < -0.39 is 0 Å². The summed E-state index contributed by atoms with van der Waals surface area (Å²) in [5.74, 6) is 0. The van der Waals surface area contributed by atoms with E-state index in [0.29, 0.717) is 0 Å².